The number of hydrogen-bond donors (Lipinski definition) is 1. The summed E-state index contributed by atoms with van der Waals surface area (Å²) >= 11 is 1.56. The lowest BCUT2D eigenvalue weighted by molar-refractivity contribution is -0.129. The first kappa shape index (κ1) is 12.6. The van der Waals surface area contributed by atoms with E-state index in [1.807, 2.05) is 17.5 Å². The molecule has 19 heavy (non-hydrogen) atoms. The van der Waals surface area contributed by atoms with Crippen molar-refractivity contribution in [3.8, 4) is 0 Å². The quantitative estimate of drug-likeness (QED) is 0.856. The van der Waals surface area contributed by atoms with Crippen LogP contribution in [-0.2, 0) is 16.1 Å². The molecule has 102 valence electrons. The van der Waals surface area contributed by atoms with Crippen molar-refractivity contribution in [2.24, 2.45) is 5.92 Å². The Kier molecular flexibility index (Phi) is 3.52. The van der Waals surface area contributed by atoms with Crippen molar-refractivity contribution >= 4 is 23.3 Å². The molecule has 3 heterocycles. The van der Waals surface area contributed by atoms with Crippen LogP contribution in [0.25, 0.3) is 0 Å². The van der Waals surface area contributed by atoms with Gasteiger partial charge < -0.3 is 10.1 Å². The smallest absolute Gasteiger partial charge is 0.325 e. The molecule has 0 radical (unpaired) electrons. The summed E-state index contributed by atoms with van der Waals surface area (Å²) in [5.74, 6) is 0.115. The zero-order chi connectivity index (χ0) is 13.2. The van der Waals surface area contributed by atoms with Crippen LogP contribution in [0.5, 0.6) is 0 Å². The molecule has 0 bridgehead atoms. The number of ether oxygens (including phenoxy) is 1. The van der Waals surface area contributed by atoms with E-state index in [9.17, 15) is 9.59 Å². The van der Waals surface area contributed by atoms with E-state index >= 15 is 0 Å². The van der Waals surface area contributed by atoms with E-state index in [0.29, 0.717) is 19.8 Å². The van der Waals surface area contributed by atoms with E-state index in [-0.39, 0.29) is 23.9 Å². The number of urea groups is 1. The minimum absolute atomic E-state index is 0.0923. The van der Waals surface area contributed by atoms with Crippen LogP contribution in [0.2, 0.25) is 0 Å². The third-order valence-corrected chi connectivity index (χ3v) is 4.55. The van der Waals surface area contributed by atoms with Crippen LogP contribution in [0.15, 0.2) is 17.5 Å². The Morgan fingerprint density at radius 3 is 2.84 bits per heavy atom. The Morgan fingerprint density at radius 1 is 1.37 bits per heavy atom. The summed E-state index contributed by atoms with van der Waals surface area (Å²) in [5.41, 5.74) is 0. The van der Waals surface area contributed by atoms with Gasteiger partial charge in [-0.1, -0.05) is 6.07 Å². The fraction of sp³-hybridized carbons (Fsp3) is 0.538. The molecule has 6 heteroatoms. The largest absolute Gasteiger partial charge is 0.381 e. The highest BCUT2D eigenvalue weighted by Crippen LogP contribution is 2.25. The molecular weight excluding hydrogens is 264 g/mol. The Morgan fingerprint density at radius 2 is 2.16 bits per heavy atom. The first-order valence-electron chi connectivity index (χ1n) is 6.47. The van der Waals surface area contributed by atoms with Crippen LogP contribution in [0.1, 0.15) is 17.7 Å². The van der Waals surface area contributed by atoms with E-state index < -0.39 is 0 Å². The number of rotatable bonds is 3. The highest BCUT2D eigenvalue weighted by molar-refractivity contribution is 7.09. The van der Waals surface area contributed by atoms with Crippen molar-refractivity contribution in [3.05, 3.63) is 22.4 Å². The molecular formula is C13H16N2O3S. The van der Waals surface area contributed by atoms with Gasteiger partial charge in [0.25, 0.3) is 5.91 Å². The number of hydrogen-bond acceptors (Lipinski definition) is 4. The van der Waals surface area contributed by atoms with Crippen LogP contribution < -0.4 is 5.32 Å². The molecule has 3 rings (SSSR count). The molecule has 0 aliphatic carbocycles. The van der Waals surface area contributed by atoms with Crippen LogP contribution in [0.4, 0.5) is 4.79 Å². The molecule has 2 aliphatic rings. The molecule has 0 saturated carbocycles. The molecule has 2 saturated heterocycles. The molecule has 1 unspecified atom stereocenters. The normalized spacial score (nSPS) is 24.8. The first-order valence-corrected chi connectivity index (χ1v) is 7.35. The molecule has 0 aromatic carbocycles. The van der Waals surface area contributed by atoms with Crippen molar-refractivity contribution in [2.45, 2.75) is 25.4 Å². The maximum atomic E-state index is 12.3. The standard InChI is InChI=1S/C13H16N2O3S/c16-12-11(9-3-5-18-6-4-9)14-13(17)15(12)8-10-2-1-7-19-10/h1-2,7,9,11H,3-6,8H2,(H,14,17). The molecule has 1 N–H and O–H groups in total. The van der Waals surface area contributed by atoms with Gasteiger partial charge in [-0.15, -0.1) is 11.3 Å². The van der Waals surface area contributed by atoms with Gasteiger partial charge in [0.1, 0.15) is 6.04 Å². The summed E-state index contributed by atoms with van der Waals surface area (Å²) in [7, 11) is 0. The molecule has 1 aromatic heterocycles. The third kappa shape index (κ3) is 2.50. The number of amides is 3. The van der Waals surface area contributed by atoms with Gasteiger partial charge in [0.05, 0.1) is 6.54 Å². The van der Waals surface area contributed by atoms with Crippen LogP contribution in [0, 0.1) is 5.92 Å². The van der Waals surface area contributed by atoms with E-state index in [2.05, 4.69) is 5.32 Å². The second-order valence-electron chi connectivity index (χ2n) is 4.88. The minimum Gasteiger partial charge on any atom is -0.381 e. The van der Waals surface area contributed by atoms with Gasteiger partial charge in [0, 0.05) is 18.1 Å². The van der Waals surface area contributed by atoms with E-state index in [0.717, 1.165) is 17.7 Å². The molecule has 1 atom stereocenters. The van der Waals surface area contributed by atoms with E-state index in [1.165, 1.54) is 4.90 Å². The van der Waals surface area contributed by atoms with Crippen LogP contribution in [-0.4, -0.2) is 36.1 Å². The highest BCUT2D eigenvalue weighted by atomic mass is 32.1. The fourth-order valence-electron chi connectivity index (χ4n) is 2.62. The molecule has 5 nitrogen and oxygen atoms in total. The molecule has 2 fully saturated rings. The lowest BCUT2D eigenvalue weighted by atomic mass is 9.92. The predicted molar refractivity (Wildman–Crippen MR) is 70.7 cm³/mol. The average Bonchev–Trinajstić information content (AvgIpc) is 3.03. The number of thiophene rings is 1. The van der Waals surface area contributed by atoms with Crippen molar-refractivity contribution in [1.29, 1.82) is 0 Å². The fourth-order valence-corrected chi connectivity index (χ4v) is 3.31. The Bertz CT molecular complexity index is 468. The van der Waals surface area contributed by atoms with E-state index in [4.69, 9.17) is 4.74 Å². The summed E-state index contributed by atoms with van der Waals surface area (Å²) in [4.78, 5) is 26.6. The Balaban J connectivity index is 1.69. The van der Waals surface area contributed by atoms with Gasteiger partial charge in [-0.3, -0.25) is 9.69 Å². The maximum Gasteiger partial charge on any atom is 0.325 e. The van der Waals surface area contributed by atoms with Crippen molar-refractivity contribution in [2.75, 3.05) is 13.2 Å². The maximum absolute atomic E-state index is 12.3. The molecule has 3 amide bonds. The number of nitrogens with one attached hydrogen (secondary N) is 1. The number of imide groups is 1. The van der Waals surface area contributed by atoms with Gasteiger partial charge in [-0.2, -0.15) is 0 Å². The molecule has 2 aliphatic heterocycles. The lowest BCUT2D eigenvalue weighted by Crippen LogP contribution is -2.40. The number of carbonyl (C=O) groups is 2. The predicted octanol–water partition coefficient (Wildman–Crippen LogP) is 1.60. The number of nitrogens with zero attached hydrogens (tertiary/aromatic N) is 1. The summed E-state index contributed by atoms with van der Waals surface area (Å²) in [5, 5.41) is 4.77. The minimum atomic E-state index is -0.364. The topological polar surface area (TPSA) is 58.6 Å². The highest BCUT2D eigenvalue weighted by Gasteiger charge is 2.42. The SMILES string of the molecule is O=C1NC(C2CCOCC2)C(=O)N1Cc1cccs1. The van der Waals surface area contributed by atoms with Crippen LogP contribution in [0.3, 0.4) is 0 Å². The summed E-state index contributed by atoms with van der Waals surface area (Å²) in [6.45, 7) is 1.73. The Labute approximate surface area is 115 Å². The van der Waals surface area contributed by atoms with Crippen molar-refractivity contribution in [1.82, 2.24) is 10.2 Å². The monoisotopic (exact) mass is 280 g/mol. The van der Waals surface area contributed by atoms with Gasteiger partial charge in [0.15, 0.2) is 0 Å². The van der Waals surface area contributed by atoms with Crippen molar-refractivity contribution in [3.63, 3.8) is 0 Å². The zero-order valence-electron chi connectivity index (χ0n) is 10.5. The zero-order valence-corrected chi connectivity index (χ0v) is 11.3. The number of carbonyl (C=O) groups excluding carboxylic acids is 2. The molecule has 0 spiro atoms. The van der Waals surface area contributed by atoms with E-state index in [1.54, 1.807) is 11.3 Å². The van der Waals surface area contributed by atoms with Gasteiger partial charge in [0.2, 0.25) is 0 Å². The average molecular weight is 280 g/mol. The second kappa shape index (κ2) is 5.30. The lowest BCUT2D eigenvalue weighted by Gasteiger charge is -2.25. The summed E-state index contributed by atoms with van der Waals surface area (Å²) in [6.07, 6.45) is 1.67. The van der Waals surface area contributed by atoms with Gasteiger partial charge >= 0.3 is 6.03 Å². The summed E-state index contributed by atoms with van der Waals surface area (Å²) in [6, 6.07) is 3.23. The van der Waals surface area contributed by atoms with Crippen molar-refractivity contribution < 1.29 is 14.3 Å². The van der Waals surface area contributed by atoms with Crippen LogP contribution >= 0.6 is 11.3 Å². The van der Waals surface area contributed by atoms with Gasteiger partial charge in [-0.25, -0.2) is 4.79 Å². The second-order valence-corrected chi connectivity index (χ2v) is 5.91. The first-order chi connectivity index (χ1) is 9.25. The molecule has 1 aromatic rings. The van der Waals surface area contributed by atoms with Gasteiger partial charge in [-0.05, 0) is 30.2 Å². The Hall–Kier alpha value is -1.40. The third-order valence-electron chi connectivity index (χ3n) is 3.69. The summed E-state index contributed by atoms with van der Waals surface area (Å²) < 4.78 is 5.30.